The lowest BCUT2D eigenvalue weighted by Crippen LogP contribution is -2.37. The fraction of sp³-hybridized carbons (Fsp3) is 0.360. The molecule has 0 fully saturated rings. The van der Waals surface area contributed by atoms with Gasteiger partial charge in [-0.2, -0.15) is 0 Å². The fourth-order valence-corrected chi connectivity index (χ4v) is 8.51. The summed E-state index contributed by atoms with van der Waals surface area (Å²) in [5, 5.41) is 3.38. The fourth-order valence-electron chi connectivity index (χ4n) is 4.56. The minimum absolute atomic E-state index is 1.10. The highest BCUT2D eigenvalue weighted by atomic mass is 28.3. The molecular formula is C25H32Si. The maximum Gasteiger partial charge on any atom is 0.104 e. The van der Waals surface area contributed by atoms with Crippen molar-refractivity contribution in [3.8, 4) is 0 Å². The van der Waals surface area contributed by atoms with Crippen molar-refractivity contribution < 1.29 is 0 Å². The molecule has 0 heterocycles. The Labute approximate surface area is 161 Å². The number of rotatable bonds is 7. The van der Waals surface area contributed by atoms with E-state index in [4.69, 9.17) is 0 Å². The van der Waals surface area contributed by atoms with E-state index in [1.54, 1.807) is 10.4 Å². The van der Waals surface area contributed by atoms with Gasteiger partial charge in [0.1, 0.15) is 8.80 Å². The van der Waals surface area contributed by atoms with Crippen LogP contribution in [0.15, 0.2) is 59.8 Å². The molecule has 136 valence electrons. The van der Waals surface area contributed by atoms with Gasteiger partial charge in [-0.15, -0.1) is 0 Å². The first-order valence-electron chi connectivity index (χ1n) is 10.2. The van der Waals surface area contributed by atoms with Crippen molar-refractivity contribution in [2.45, 2.75) is 59.4 Å². The number of unbranched alkanes of at least 4 members (excludes halogenated alkanes) is 2. The third-order valence-electron chi connectivity index (χ3n) is 5.61. The molecule has 0 saturated heterocycles. The van der Waals surface area contributed by atoms with Crippen LogP contribution < -0.4 is 5.19 Å². The Balaban J connectivity index is 2.01. The lowest BCUT2D eigenvalue weighted by molar-refractivity contribution is 0.767. The van der Waals surface area contributed by atoms with E-state index in [0.717, 1.165) is 6.42 Å². The Morgan fingerprint density at radius 3 is 2.23 bits per heavy atom. The van der Waals surface area contributed by atoms with E-state index < -0.39 is 8.80 Å². The highest BCUT2D eigenvalue weighted by Gasteiger charge is 2.26. The van der Waals surface area contributed by atoms with Crippen LogP contribution in [-0.4, -0.2) is 8.80 Å². The molecule has 0 amide bonds. The lowest BCUT2D eigenvalue weighted by atomic mass is 10.1. The normalized spacial score (nSPS) is 14.9. The summed E-state index contributed by atoms with van der Waals surface area (Å²) < 4.78 is 0. The van der Waals surface area contributed by atoms with E-state index in [9.17, 15) is 0 Å². The van der Waals surface area contributed by atoms with Gasteiger partial charge in [0.2, 0.25) is 0 Å². The molecule has 0 radical (unpaired) electrons. The Bertz CT molecular complexity index is 788. The Morgan fingerprint density at radius 1 is 0.885 bits per heavy atom. The SMILES string of the molecule is CCCCC[SiH](C1=CCC=C1c1ccccc1)c1c(C)cc(C)cc1C. The van der Waals surface area contributed by atoms with Crippen LogP contribution in [0, 0.1) is 20.8 Å². The summed E-state index contributed by atoms with van der Waals surface area (Å²) in [7, 11) is -1.21. The van der Waals surface area contributed by atoms with Gasteiger partial charge in [-0.3, -0.25) is 0 Å². The molecule has 26 heavy (non-hydrogen) atoms. The molecule has 3 rings (SSSR count). The number of allylic oxidation sites excluding steroid dienone is 4. The number of benzene rings is 2. The van der Waals surface area contributed by atoms with Gasteiger partial charge in [0.15, 0.2) is 0 Å². The largest absolute Gasteiger partial charge is 0.104 e. The molecule has 1 atom stereocenters. The van der Waals surface area contributed by atoms with E-state index in [-0.39, 0.29) is 0 Å². The van der Waals surface area contributed by atoms with E-state index in [1.807, 2.05) is 0 Å². The predicted molar refractivity (Wildman–Crippen MR) is 119 cm³/mol. The van der Waals surface area contributed by atoms with Gasteiger partial charge < -0.3 is 0 Å². The quantitative estimate of drug-likeness (QED) is 0.408. The van der Waals surface area contributed by atoms with Gasteiger partial charge in [-0.1, -0.05) is 114 Å². The third-order valence-corrected chi connectivity index (χ3v) is 9.50. The summed E-state index contributed by atoms with van der Waals surface area (Å²) in [6.45, 7) is 9.19. The van der Waals surface area contributed by atoms with Crippen LogP contribution in [0.2, 0.25) is 6.04 Å². The first kappa shape index (κ1) is 18.9. The molecule has 0 aromatic heterocycles. The van der Waals surface area contributed by atoms with Crippen molar-refractivity contribution >= 4 is 19.6 Å². The monoisotopic (exact) mass is 360 g/mol. The van der Waals surface area contributed by atoms with Crippen molar-refractivity contribution in [2.24, 2.45) is 0 Å². The van der Waals surface area contributed by atoms with Crippen LogP contribution in [-0.2, 0) is 0 Å². The molecule has 1 aliphatic carbocycles. The lowest BCUT2D eigenvalue weighted by Gasteiger charge is -2.24. The van der Waals surface area contributed by atoms with Crippen molar-refractivity contribution in [1.29, 1.82) is 0 Å². The van der Waals surface area contributed by atoms with E-state index in [2.05, 4.69) is 82.3 Å². The van der Waals surface area contributed by atoms with Gasteiger partial charge in [-0.25, -0.2) is 0 Å². The molecule has 1 heteroatoms. The third kappa shape index (κ3) is 4.10. The minimum atomic E-state index is -1.21. The van der Waals surface area contributed by atoms with Gasteiger partial charge in [0, 0.05) is 0 Å². The zero-order chi connectivity index (χ0) is 18.5. The van der Waals surface area contributed by atoms with E-state index >= 15 is 0 Å². The predicted octanol–water partition coefficient (Wildman–Crippen LogP) is 6.19. The van der Waals surface area contributed by atoms with Crippen LogP contribution in [0.5, 0.6) is 0 Å². The molecule has 0 spiro atoms. The van der Waals surface area contributed by atoms with Crippen molar-refractivity contribution in [2.75, 3.05) is 0 Å². The molecule has 2 aromatic carbocycles. The average molecular weight is 361 g/mol. The average Bonchev–Trinajstić information content (AvgIpc) is 3.10. The van der Waals surface area contributed by atoms with Crippen molar-refractivity contribution in [3.05, 3.63) is 82.1 Å². The topological polar surface area (TPSA) is 0 Å². The summed E-state index contributed by atoms with van der Waals surface area (Å²) in [5.41, 5.74) is 7.32. The zero-order valence-corrected chi connectivity index (χ0v) is 18.0. The molecule has 0 N–H and O–H groups in total. The summed E-state index contributed by atoms with van der Waals surface area (Å²) in [6.07, 6.45) is 10.1. The van der Waals surface area contributed by atoms with Crippen molar-refractivity contribution in [3.63, 3.8) is 0 Å². The second-order valence-electron chi connectivity index (χ2n) is 7.74. The van der Waals surface area contributed by atoms with Gasteiger partial charge in [0.05, 0.1) is 0 Å². The molecule has 0 bridgehead atoms. The van der Waals surface area contributed by atoms with Crippen LogP contribution in [0.1, 0.15) is 54.9 Å². The van der Waals surface area contributed by atoms with Crippen LogP contribution >= 0.6 is 0 Å². The molecular weight excluding hydrogens is 328 g/mol. The van der Waals surface area contributed by atoms with Gasteiger partial charge >= 0.3 is 0 Å². The Kier molecular flexibility index (Phi) is 6.32. The van der Waals surface area contributed by atoms with Crippen LogP contribution in [0.3, 0.4) is 0 Å². The highest BCUT2D eigenvalue weighted by molar-refractivity contribution is 6.83. The molecule has 2 aromatic rings. The maximum absolute atomic E-state index is 2.53. The van der Waals surface area contributed by atoms with E-state index in [0.29, 0.717) is 0 Å². The first-order valence-corrected chi connectivity index (χ1v) is 12.1. The number of hydrogen-bond acceptors (Lipinski definition) is 0. The smallest absolute Gasteiger partial charge is 0.0808 e. The number of hydrogen-bond donors (Lipinski definition) is 0. The molecule has 0 saturated carbocycles. The second-order valence-corrected chi connectivity index (χ2v) is 10.6. The molecule has 0 aliphatic heterocycles. The molecule has 1 aliphatic rings. The van der Waals surface area contributed by atoms with Gasteiger partial charge in [-0.05, 0) is 38.3 Å². The minimum Gasteiger partial charge on any atom is -0.0808 e. The van der Waals surface area contributed by atoms with Crippen LogP contribution in [0.25, 0.3) is 5.57 Å². The zero-order valence-electron chi connectivity index (χ0n) is 16.8. The summed E-state index contributed by atoms with van der Waals surface area (Å²) in [5.74, 6) is 0. The molecule has 1 unspecified atom stereocenters. The summed E-state index contributed by atoms with van der Waals surface area (Å²) in [4.78, 5) is 0. The summed E-state index contributed by atoms with van der Waals surface area (Å²) >= 11 is 0. The van der Waals surface area contributed by atoms with Gasteiger partial charge in [0.25, 0.3) is 0 Å². The van der Waals surface area contributed by atoms with E-state index in [1.165, 1.54) is 53.1 Å². The van der Waals surface area contributed by atoms with Crippen molar-refractivity contribution in [1.82, 2.24) is 0 Å². The Morgan fingerprint density at radius 2 is 1.58 bits per heavy atom. The standard InChI is InChI=1S/C25H32Si/c1-5-6-10-16-26(25-20(3)17-19(2)18-21(25)4)24-15-11-14-23(24)22-12-8-7-9-13-22/h7-9,12-15,17-18,26H,5-6,10-11,16H2,1-4H3. The summed E-state index contributed by atoms with van der Waals surface area (Å²) in [6, 6.07) is 17.2. The second kappa shape index (κ2) is 8.68. The molecule has 0 nitrogen and oxygen atoms in total. The van der Waals surface area contributed by atoms with Crippen LogP contribution in [0.4, 0.5) is 0 Å². The maximum atomic E-state index is 2.53. The Hall–Kier alpha value is -1.86. The highest BCUT2D eigenvalue weighted by Crippen LogP contribution is 2.33. The number of aryl methyl sites for hydroxylation is 3. The first-order chi connectivity index (χ1) is 12.6.